The lowest BCUT2D eigenvalue weighted by Crippen LogP contribution is -2.36. The Hall–Kier alpha value is -1.22. The van der Waals surface area contributed by atoms with E-state index < -0.39 is 38.7 Å². The number of carbonyl (C=O) groups is 2. The van der Waals surface area contributed by atoms with Crippen molar-refractivity contribution in [2.24, 2.45) is 0 Å². The van der Waals surface area contributed by atoms with E-state index in [9.17, 15) is 9.59 Å². The molecule has 0 unspecified atom stereocenters. The van der Waals surface area contributed by atoms with Gasteiger partial charge in [-0.15, -0.1) is 0 Å². The Morgan fingerprint density at radius 2 is 0.938 bits per heavy atom. The van der Waals surface area contributed by atoms with Crippen LogP contribution in [-0.2, 0) is 9.59 Å². The fraction of sp³-hybridized carbons (Fsp3) is 0.750. The van der Waals surface area contributed by atoms with Crippen molar-refractivity contribution in [2.75, 3.05) is 26.9 Å². The van der Waals surface area contributed by atoms with Gasteiger partial charge in [-0.3, -0.25) is 19.4 Å². The van der Waals surface area contributed by atoms with Gasteiger partial charge in [0.25, 0.3) is 0 Å². The van der Waals surface area contributed by atoms with Gasteiger partial charge in [0.15, 0.2) is 0 Å². The van der Waals surface area contributed by atoms with Crippen molar-refractivity contribution < 1.29 is 30.0 Å². The second-order valence-corrected chi connectivity index (χ2v) is 2.93. The van der Waals surface area contributed by atoms with E-state index in [-0.39, 0.29) is 12.8 Å². The summed E-state index contributed by atoms with van der Waals surface area (Å²) in [5.74, 6) is -1.18. The van der Waals surface area contributed by atoms with Crippen LogP contribution in [0, 0.1) is 0 Å². The lowest BCUT2D eigenvalue weighted by molar-refractivity contribution is -0.145. The summed E-state index contributed by atoms with van der Waals surface area (Å²) < 4.78 is 0. The van der Waals surface area contributed by atoms with E-state index in [1.807, 2.05) is 0 Å². The molecule has 0 fully saturated rings. The fourth-order valence-corrected chi connectivity index (χ4v) is 0.935. The molecule has 0 atom stereocenters. The summed E-state index contributed by atoms with van der Waals surface area (Å²) in [6.07, 6.45) is -0.424. The molecule has 0 aliphatic heterocycles. The van der Waals surface area contributed by atoms with Gasteiger partial charge in [0.05, 0.1) is 0 Å². The second-order valence-electron chi connectivity index (χ2n) is 2.93. The fourth-order valence-electron chi connectivity index (χ4n) is 0.935. The average Bonchev–Trinajstić information content (AvgIpc) is 2.29. The van der Waals surface area contributed by atoms with Crippen LogP contribution < -0.4 is 0 Å². The van der Waals surface area contributed by atoms with Crippen molar-refractivity contribution >= 4 is 11.8 Å². The van der Waals surface area contributed by atoms with E-state index in [2.05, 4.69) is 0 Å². The Morgan fingerprint density at radius 1 is 0.688 bits per heavy atom. The first kappa shape index (κ1) is 14.8. The van der Waals surface area contributed by atoms with Crippen molar-refractivity contribution in [3.8, 4) is 0 Å². The number of aliphatic hydroxyl groups is 4. The predicted octanol–water partition coefficient (Wildman–Crippen LogP) is -2.78. The summed E-state index contributed by atoms with van der Waals surface area (Å²) in [6.45, 7) is -2.53. The van der Waals surface area contributed by atoms with Crippen LogP contribution >= 0.6 is 0 Å². The Bertz CT molecular complexity index is 203. The van der Waals surface area contributed by atoms with Gasteiger partial charge in [-0.25, -0.2) is 0 Å². The largest absolute Gasteiger partial charge is 0.376 e. The Morgan fingerprint density at radius 3 is 1.12 bits per heavy atom. The molecule has 8 heteroatoms. The summed E-state index contributed by atoms with van der Waals surface area (Å²) >= 11 is 0. The molecule has 0 aliphatic rings. The molecule has 0 heterocycles. The molecule has 0 radical (unpaired) electrons. The number of carbonyl (C=O) groups excluding carboxylic acids is 2. The normalized spacial score (nSPS) is 10.0. The molecule has 0 bridgehead atoms. The lowest BCUT2D eigenvalue weighted by atomic mass is 10.2. The van der Waals surface area contributed by atoms with Crippen LogP contribution in [0.1, 0.15) is 12.8 Å². The highest BCUT2D eigenvalue weighted by molar-refractivity contribution is 5.83. The van der Waals surface area contributed by atoms with E-state index >= 15 is 0 Å². The SMILES string of the molecule is O=C(CCC(=O)N(CO)CO)N(CO)CO. The minimum Gasteiger partial charge on any atom is -0.376 e. The molecule has 0 aliphatic carbocycles. The number of hydrogen-bond donors (Lipinski definition) is 4. The van der Waals surface area contributed by atoms with Crippen molar-refractivity contribution in [2.45, 2.75) is 12.8 Å². The van der Waals surface area contributed by atoms with Gasteiger partial charge in [-0.2, -0.15) is 0 Å². The lowest BCUT2D eigenvalue weighted by Gasteiger charge is -2.19. The Labute approximate surface area is 92.3 Å². The maximum absolute atomic E-state index is 11.2. The van der Waals surface area contributed by atoms with Crippen LogP contribution in [-0.4, -0.2) is 69.0 Å². The zero-order chi connectivity index (χ0) is 12.6. The molecule has 0 spiro atoms. The summed E-state index contributed by atoms with van der Waals surface area (Å²) in [7, 11) is 0. The molecule has 0 aromatic rings. The van der Waals surface area contributed by atoms with E-state index in [1.165, 1.54) is 0 Å². The van der Waals surface area contributed by atoms with Gasteiger partial charge in [-0.05, 0) is 0 Å². The number of amides is 2. The summed E-state index contributed by atoms with van der Waals surface area (Å²) in [5.41, 5.74) is 0. The van der Waals surface area contributed by atoms with Crippen LogP contribution in [0.4, 0.5) is 0 Å². The first-order valence-electron chi connectivity index (χ1n) is 4.59. The predicted molar refractivity (Wildman–Crippen MR) is 51.3 cm³/mol. The zero-order valence-electron chi connectivity index (χ0n) is 8.74. The van der Waals surface area contributed by atoms with E-state index in [0.717, 1.165) is 9.80 Å². The number of aliphatic hydroxyl groups excluding tert-OH is 4. The third kappa shape index (κ3) is 4.53. The Kier molecular flexibility index (Phi) is 7.38. The van der Waals surface area contributed by atoms with Gasteiger partial charge in [0, 0.05) is 12.8 Å². The number of hydrogen-bond acceptors (Lipinski definition) is 6. The third-order valence-corrected chi connectivity index (χ3v) is 1.94. The van der Waals surface area contributed by atoms with Crippen molar-refractivity contribution in [3.05, 3.63) is 0 Å². The smallest absolute Gasteiger partial charge is 0.226 e. The molecule has 8 nitrogen and oxygen atoms in total. The quantitative estimate of drug-likeness (QED) is 0.355. The molecule has 0 saturated carbocycles. The minimum absolute atomic E-state index is 0.212. The first-order chi connectivity index (χ1) is 7.60. The summed E-state index contributed by atoms with van der Waals surface area (Å²) in [6, 6.07) is 0. The zero-order valence-corrected chi connectivity index (χ0v) is 8.74. The average molecular weight is 236 g/mol. The van der Waals surface area contributed by atoms with Gasteiger partial charge < -0.3 is 20.4 Å². The van der Waals surface area contributed by atoms with Gasteiger partial charge in [0.1, 0.15) is 26.9 Å². The highest BCUT2D eigenvalue weighted by Gasteiger charge is 2.16. The molecular weight excluding hydrogens is 220 g/mol. The number of rotatable bonds is 7. The van der Waals surface area contributed by atoms with Crippen molar-refractivity contribution in [1.29, 1.82) is 0 Å². The molecule has 0 rings (SSSR count). The van der Waals surface area contributed by atoms with Crippen LogP contribution in [0.3, 0.4) is 0 Å². The monoisotopic (exact) mass is 236 g/mol. The van der Waals surface area contributed by atoms with E-state index in [4.69, 9.17) is 20.4 Å². The van der Waals surface area contributed by atoms with Crippen molar-refractivity contribution in [1.82, 2.24) is 9.80 Å². The highest BCUT2D eigenvalue weighted by Crippen LogP contribution is 2.00. The summed E-state index contributed by atoms with van der Waals surface area (Å²) in [5, 5.41) is 34.5. The highest BCUT2D eigenvalue weighted by atomic mass is 16.3. The molecule has 2 amide bonds. The molecule has 0 saturated heterocycles. The molecule has 16 heavy (non-hydrogen) atoms. The molecule has 4 N–H and O–H groups in total. The molecule has 0 aromatic carbocycles. The molecular formula is C8H16N2O6. The first-order valence-corrected chi connectivity index (χ1v) is 4.59. The van der Waals surface area contributed by atoms with Gasteiger partial charge in [-0.1, -0.05) is 0 Å². The van der Waals surface area contributed by atoms with Crippen molar-refractivity contribution in [3.63, 3.8) is 0 Å². The molecule has 0 aromatic heterocycles. The Balaban J connectivity index is 4.04. The third-order valence-electron chi connectivity index (χ3n) is 1.94. The van der Waals surface area contributed by atoms with Gasteiger partial charge in [0.2, 0.25) is 11.8 Å². The summed E-state index contributed by atoms with van der Waals surface area (Å²) in [4.78, 5) is 23.9. The minimum atomic E-state index is -0.632. The van der Waals surface area contributed by atoms with Crippen LogP contribution in [0.25, 0.3) is 0 Å². The van der Waals surface area contributed by atoms with Crippen LogP contribution in [0.2, 0.25) is 0 Å². The van der Waals surface area contributed by atoms with Crippen LogP contribution in [0.15, 0.2) is 0 Å². The maximum atomic E-state index is 11.2. The van der Waals surface area contributed by atoms with E-state index in [0.29, 0.717) is 0 Å². The number of nitrogens with zero attached hydrogens (tertiary/aromatic N) is 2. The van der Waals surface area contributed by atoms with Gasteiger partial charge >= 0.3 is 0 Å². The van der Waals surface area contributed by atoms with Crippen LogP contribution in [0.5, 0.6) is 0 Å². The van der Waals surface area contributed by atoms with E-state index in [1.54, 1.807) is 0 Å². The standard InChI is InChI=1S/C8H16N2O6/c11-3-9(4-12)7(15)1-2-8(16)10(5-13)6-14/h11-14H,1-6H2. The second kappa shape index (κ2) is 7.99. The molecule has 94 valence electrons. The topological polar surface area (TPSA) is 122 Å². The maximum Gasteiger partial charge on any atom is 0.226 e.